The molecule has 2 aliphatic heterocycles. The first kappa shape index (κ1) is 17.3. The number of rotatable bonds is 4. The van der Waals surface area contributed by atoms with E-state index in [1.54, 1.807) is 13.1 Å². The van der Waals surface area contributed by atoms with Crippen LogP contribution in [0.25, 0.3) is 0 Å². The summed E-state index contributed by atoms with van der Waals surface area (Å²) in [5, 5.41) is 9.14. The second-order valence-electron chi connectivity index (χ2n) is 7.78. The molecule has 2 aromatic carbocycles. The Balaban J connectivity index is 1.50. The molecule has 1 saturated heterocycles. The molecular weight excluding hydrogens is 354 g/mol. The summed E-state index contributed by atoms with van der Waals surface area (Å²) in [5.41, 5.74) is 2.95. The van der Waals surface area contributed by atoms with Gasteiger partial charge < -0.3 is 20.7 Å². The monoisotopic (exact) mass is 377 g/mol. The number of nitrogens with one attached hydrogen (secondary N) is 3. The lowest BCUT2D eigenvalue weighted by Gasteiger charge is -2.13. The predicted molar refractivity (Wildman–Crippen MR) is 105 cm³/mol. The van der Waals surface area contributed by atoms with Crippen molar-refractivity contribution in [3.63, 3.8) is 0 Å². The Kier molecular flexibility index (Phi) is 4.09. The zero-order chi connectivity index (χ0) is 19.3. The van der Waals surface area contributed by atoms with Crippen molar-refractivity contribution in [2.75, 3.05) is 26.7 Å². The van der Waals surface area contributed by atoms with Gasteiger partial charge in [-0.15, -0.1) is 0 Å². The molecule has 3 N–H and O–H groups in total. The van der Waals surface area contributed by atoms with Gasteiger partial charge >= 0.3 is 0 Å². The molecule has 3 aliphatic rings. The van der Waals surface area contributed by atoms with Gasteiger partial charge in [0.05, 0.1) is 12.2 Å². The van der Waals surface area contributed by atoms with E-state index in [4.69, 9.17) is 4.74 Å². The maximum atomic E-state index is 12.9. The van der Waals surface area contributed by atoms with Crippen LogP contribution in [0.5, 0.6) is 5.75 Å². The highest BCUT2D eigenvalue weighted by molar-refractivity contribution is 6.02. The summed E-state index contributed by atoms with van der Waals surface area (Å²) in [7, 11) is 1.59. The summed E-state index contributed by atoms with van der Waals surface area (Å²) in [6.45, 7) is 2.40. The highest BCUT2D eigenvalue weighted by atomic mass is 16.5. The molecule has 6 heteroatoms. The van der Waals surface area contributed by atoms with Crippen LogP contribution in [0, 0.1) is 11.8 Å². The number of amides is 2. The normalized spacial score (nSPS) is 26.8. The Hall–Kier alpha value is -2.86. The van der Waals surface area contributed by atoms with Crippen LogP contribution in [0.4, 0.5) is 0 Å². The minimum atomic E-state index is -0.243. The fraction of sp³-hybridized carbons (Fsp3) is 0.364. The molecule has 1 unspecified atom stereocenters. The van der Waals surface area contributed by atoms with E-state index in [2.05, 4.69) is 16.0 Å². The van der Waals surface area contributed by atoms with E-state index in [1.807, 2.05) is 36.4 Å². The first-order valence-corrected chi connectivity index (χ1v) is 9.76. The molecule has 28 heavy (non-hydrogen) atoms. The Labute approximate surface area is 163 Å². The highest BCUT2D eigenvalue weighted by Gasteiger charge is 2.53. The van der Waals surface area contributed by atoms with Crippen molar-refractivity contribution in [2.24, 2.45) is 11.8 Å². The van der Waals surface area contributed by atoms with Gasteiger partial charge in [-0.1, -0.05) is 30.3 Å². The molecule has 2 fully saturated rings. The number of fused-ring (bicyclic) bond motifs is 2. The molecule has 6 nitrogen and oxygen atoms in total. The lowest BCUT2D eigenvalue weighted by atomic mass is 9.90. The van der Waals surface area contributed by atoms with Crippen molar-refractivity contribution in [1.82, 2.24) is 16.0 Å². The number of piperidine rings is 1. The summed E-state index contributed by atoms with van der Waals surface area (Å²) in [6, 6.07) is 13.8. The van der Waals surface area contributed by atoms with Gasteiger partial charge in [0.25, 0.3) is 11.8 Å². The zero-order valence-corrected chi connectivity index (χ0v) is 15.7. The molecule has 144 valence electrons. The molecule has 2 heterocycles. The summed E-state index contributed by atoms with van der Waals surface area (Å²) in [6.07, 6.45) is 0. The molecule has 5 rings (SSSR count). The van der Waals surface area contributed by atoms with E-state index in [1.165, 1.54) is 0 Å². The van der Waals surface area contributed by atoms with Crippen molar-refractivity contribution < 1.29 is 14.3 Å². The largest absolute Gasteiger partial charge is 0.491 e. The topological polar surface area (TPSA) is 79.5 Å². The summed E-state index contributed by atoms with van der Waals surface area (Å²) >= 11 is 0. The second kappa shape index (κ2) is 6.63. The predicted octanol–water partition coefficient (Wildman–Crippen LogP) is 1.52. The van der Waals surface area contributed by atoms with E-state index in [9.17, 15) is 9.59 Å². The maximum Gasteiger partial charge on any atom is 0.254 e. The standard InChI is InChI=1S/C22H23N3O3/c1-23-22(27)15-8-13(21(26)25-19-16-9-24-10-17(16)19)7-14-18(11-28-20(14)15)12-5-3-2-4-6-12/h2-8,16-19,24H,9-11H2,1H3,(H,23,27)(H,25,26)/t16-,17+,18-,19?/m1/s1. The zero-order valence-electron chi connectivity index (χ0n) is 15.7. The molecule has 4 atom stereocenters. The minimum Gasteiger partial charge on any atom is -0.491 e. The van der Waals surface area contributed by atoms with Gasteiger partial charge in [0.15, 0.2) is 0 Å². The van der Waals surface area contributed by atoms with E-state index in [-0.39, 0.29) is 23.8 Å². The van der Waals surface area contributed by atoms with Gasteiger partial charge in [-0.3, -0.25) is 9.59 Å². The number of hydrogen-bond donors (Lipinski definition) is 3. The van der Waals surface area contributed by atoms with E-state index < -0.39 is 0 Å². The van der Waals surface area contributed by atoms with Crippen LogP contribution >= 0.6 is 0 Å². The first-order chi connectivity index (χ1) is 13.7. The summed E-state index contributed by atoms with van der Waals surface area (Å²) in [4.78, 5) is 25.4. The average molecular weight is 377 g/mol. The SMILES string of the molecule is CNC(=O)c1cc(C(=O)NC2[C@H]3CNC[C@@H]23)cc2c1OC[C@@H]2c1ccccc1. The van der Waals surface area contributed by atoms with Crippen LogP contribution in [0.1, 0.15) is 37.8 Å². The molecule has 1 aliphatic carbocycles. The molecular formula is C22H23N3O3. The maximum absolute atomic E-state index is 12.9. The lowest BCUT2D eigenvalue weighted by Crippen LogP contribution is -2.32. The molecule has 0 bridgehead atoms. The van der Waals surface area contributed by atoms with Gasteiger partial charge in [-0.05, 0) is 29.5 Å². The van der Waals surface area contributed by atoms with Crippen LogP contribution in [-0.4, -0.2) is 44.6 Å². The van der Waals surface area contributed by atoms with Crippen LogP contribution in [0.15, 0.2) is 42.5 Å². The van der Waals surface area contributed by atoms with Gasteiger partial charge in [0.1, 0.15) is 5.75 Å². The van der Waals surface area contributed by atoms with Crippen molar-refractivity contribution >= 4 is 11.8 Å². The lowest BCUT2D eigenvalue weighted by molar-refractivity contribution is 0.0946. The fourth-order valence-corrected chi connectivity index (χ4v) is 4.59. The number of benzene rings is 2. The van der Waals surface area contributed by atoms with E-state index in [0.717, 1.165) is 24.2 Å². The number of carbonyl (C=O) groups is 2. The third-order valence-corrected chi connectivity index (χ3v) is 6.21. The molecule has 2 aromatic rings. The molecule has 2 amide bonds. The summed E-state index contributed by atoms with van der Waals surface area (Å²) < 4.78 is 5.91. The smallest absolute Gasteiger partial charge is 0.254 e. The Morgan fingerprint density at radius 1 is 1.07 bits per heavy atom. The molecule has 0 radical (unpaired) electrons. The second-order valence-corrected chi connectivity index (χ2v) is 7.78. The molecule has 1 saturated carbocycles. The Bertz CT molecular complexity index is 934. The van der Waals surface area contributed by atoms with E-state index >= 15 is 0 Å². The number of ether oxygens (including phenoxy) is 1. The minimum absolute atomic E-state index is 0.0110. The molecule has 0 aromatic heterocycles. The molecule has 0 spiro atoms. The Morgan fingerprint density at radius 2 is 1.82 bits per heavy atom. The highest BCUT2D eigenvalue weighted by Crippen LogP contribution is 2.43. The third kappa shape index (κ3) is 2.76. The van der Waals surface area contributed by atoms with Crippen molar-refractivity contribution in [3.8, 4) is 5.75 Å². The average Bonchev–Trinajstić information content (AvgIpc) is 3.10. The van der Waals surface area contributed by atoms with Crippen molar-refractivity contribution in [1.29, 1.82) is 0 Å². The summed E-state index contributed by atoms with van der Waals surface area (Å²) in [5.74, 6) is 1.31. The van der Waals surface area contributed by atoms with Crippen molar-refractivity contribution in [2.45, 2.75) is 12.0 Å². The van der Waals surface area contributed by atoms with E-state index in [0.29, 0.717) is 35.3 Å². The van der Waals surface area contributed by atoms with Crippen molar-refractivity contribution in [3.05, 3.63) is 64.7 Å². The van der Waals surface area contributed by atoms with Crippen LogP contribution in [0.3, 0.4) is 0 Å². The van der Waals surface area contributed by atoms with Crippen LogP contribution in [0.2, 0.25) is 0 Å². The number of carbonyl (C=O) groups excluding carboxylic acids is 2. The first-order valence-electron chi connectivity index (χ1n) is 9.76. The van der Waals surface area contributed by atoms with Gasteiger partial charge in [0, 0.05) is 43.2 Å². The quantitative estimate of drug-likeness (QED) is 0.755. The third-order valence-electron chi connectivity index (χ3n) is 6.21. The van der Waals surface area contributed by atoms with Gasteiger partial charge in [-0.2, -0.15) is 0 Å². The van der Waals surface area contributed by atoms with Crippen LogP contribution < -0.4 is 20.7 Å². The van der Waals surface area contributed by atoms with Gasteiger partial charge in [0.2, 0.25) is 0 Å². The Morgan fingerprint density at radius 3 is 2.54 bits per heavy atom. The van der Waals surface area contributed by atoms with Gasteiger partial charge in [-0.25, -0.2) is 0 Å². The van der Waals surface area contributed by atoms with Crippen LogP contribution in [-0.2, 0) is 0 Å². The number of hydrogen-bond acceptors (Lipinski definition) is 4. The fourth-order valence-electron chi connectivity index (χ4n) is 4.59.